The number of benzene rings is 2. The van der Waals surface area contributed by atoms with Gasteiger partial charge in [0.2, 0.25) is 0 Å². The molecule has 7 heteroatoms. The van der Waals surface area contributed by atoms with Crippen molar-refractivity contribution >= 4 is 23.6 Å². The van der Waals surface area contributed by atoms with E-state index < -0.39 is 12.0 Å². The van der Waals surface area contributed by atoms with Gasteiger partial charge in [-0.25, -0.2) is 9.59 Å². The molecule has 1 atom stereocenters. The van der Waals surface area contributed by atoms with Gasteiger partial charge in [-0.3, -0.25) is 0 Å². The largest absolute Gasteiger partial charge is 0.489 e. The van der Waals surface area contributed by atoms with Crippen LogP contribution in [0, 0.1) is 0 Å². The molecule has 0 aromatic heterocycles. The van der Waals surface area contributed by atoms with E-state index >= 15 is 0 Å². The molecule has 1 heterocycles. The van der Waals surface area contributed by atoms with Crippen molar-refractivity contribution in [3.05, 3.63) is 76.0 Å². The molecule has 3 rings (SSSR count). The lowest BCUT2D eigenvalue weighted by Gasteiger charge is -2.27. The average Bonchev–Trinajstić information content (AvgIpc) is 2.67. The van der Waals surface area contributed by atoms with Gasteiger partial charge in [-0.05, 0) is 42.3 Å². The highest BCUT2D eigenvalue weighted by atomic mass is 35.5. The number of hydrogen-bond acceptors (Lipinski definition) is 4. The van der Waals surface area contributed by atoms with E-state index in [1.165, 1.54) is 7.11 Å². The van der Waals surface area contributed by atoms with Crippen LogP contribution in [-0.4, -0.2) is 19.1 Å². The summed E-state index contributed by atoms with van der Waals surface area (Å²) in [6.07, 6.45) is 0. The molecule has 0 saturated heterocycles. The standard InChI is InChI=1S/C20H19ClN2O4/c1-12-17(19(24)26-2)18(23-20(25)22-12)14-5-9-16(10-6-14)27-11-13-3-7-15(21)8-4-13/h3-10,18H,11H2,1-2H3,(H2,22,23,25). The van der Waals surface area contributed by atoms with Crippen LogP contribution < -0.4 is 15.4 Å². The number of esters is 1. The minimum absolute atomic E-state index is 0.367. The number of rotatable bonds is 5. The van der Waals surface area contributed by atoms with Crippen LogP contribution in [-0.2, 0) is 16.1 Å². The van der Waals surface area contributed by atoms with Gasteiger partial charge in [-0.1, -0.05) is 35.9 Å². The molecule has 0 bridgehead atoms. The molecule has 0 saturated carbocycles. The number of urea groups is 1. The molecule has 0 spiro atoms. The molecule has 1 aliphatic rings. The predicted molar refractivity (Wildman–Crippen MR) is 101 cm³/mol. The monoisotopic (exact) mass is 386 g/mol. The van der Waals surface area contributed by atoms with Crippen molar-refractivity contribution in [1.82, 2.24) is 10.6 Å². The number of nitrogens with one attached hydrogen (secondary N) is 2. The molecule has 27 heavy (non-hydrogen) atoms. The maximum absolute atomic E-state index is 12.1. The SMILES string of the molecule is COC(=O)C1=C(C)NC(=O)NC1c1ccc(OCc2ccc(Cl)cc2)cc1. The maximum atomic E-state index is 12.1. The van der Waals surface area contributed by atoms with Gasteiger partial charge in [0.05, 0.1) is 18.7 Å². The molecule has 1 unspecified atom stereocenters. The lowest BCUT2D eigenvalue weighted by atomic mass is 9.95. The fourth-order valence-corrected chi connectivity index (χ4v) is 2.95. The zero-order valence-corrected chi connectivity index (χ0v) is 15.7. The minimum atomic E-state index is -0.587. The summed E-state index contributed by atoms with van der Waals surface area (Å²) >= 11 is 5.87. The Hall–Kier alpha value is -2.99. The van der Waals surface area contributed by atoms with Crippen LogP contribution in [0.5, 0.6) is 5.75 Å². The lowest BCUT2D eigenvalue weighted by molar-refractivity contribution is -0.136. The molecule has 0 aliphatic carbocycles. The van der Waals surface area contributed by atoms with Gasteiger partial charge < -0.3 is 20.1 Å². The number of carbonyl (C=O) groups is 2. The van der Waals surface area contributed by atoms with E-state index in [1.54, 1.807) is 19.1 Å². The van der Waals surface area contributed by atoms with Crippen molar-refractivity contribution in [3.8, 4) is 5.75 Å². The lowest BCUT2D eigenvalue weighted by Crippen LogP contribution is -2.45. The summed E-state index contributed by atoms with van der Waals surface area (Å²) in [5.41, 5.74) is 2.59. The third-order valence-electron chi connectivity index (χ3n) is 4.21. The summed E-state index contributed by atoms with van der Waals surface area (Å²) in [5.74, 6) is 0.183. The molecule has 2 N–H and O–H groups in total. The van der Waals surface area contributed by atoms with Gasteiger partial charge in [-0.15, -0.1) is 0 Å². The summed E-state index contributed by atoms with van der Waals surface area (Å²) in [4.78, 5) is 23.9. The van der Waals surface area contributed by atoms with Gasteiger partial charge in [0, 0.05) is 10.7 Å². The Morgan fingerprint density at radius 2 is 1.78 bits per heavy atom. The Morgan fingerprint density at radius 1 is 1.11 bits per heavy atom. The Morgan fingerprint density at radius 3 is 2.41 bits per heavy atom. The fourth-order valence-electron chi connectivity index (χ4n) is 2.83. The second-order valence-corrected chi connectivity index (χ2v) is 6.48. The molecule has 1 aliphatic heterocycles. The molecule has 0 fully saturated rings. The molecule has 2 aromatic carbocycles. The first-order valence-corrected chi connectivity index (χ1v) is 8.69. The summed E-state index contributed by atoms with van der Waals surface area (Å²) < 4.78 is 10.6. The number of halogens is 1. The molecular formula is C20H19ClN2O4. The number of ether oxygens (including phenoxy) is 2. The van der Waals surface area contributed by atoms with Crippen LogP contribution in [0.2, 0.25) is 5.02 Å². The smallest absolute Gasteiger partial charge is 0.337 e. The first-order valence-electron chi connectivity index (χ1n) is 8.31. The normalized spacial score (nSPS) is 16.4. The van der Waals surface area contributed by atoms with Gasteiger partial charge in [-0.2, -0.15) is 0 Å². The highest BCUT2D eigenvalue weighted by Crippen LogP contribution is 2.28. The zero-order chi connectivity index (χ0) is 19.4. The summed E-state index contributed by atoms with van der Waals surface area (Å²) in [6.45, 7) is 2.08. The molecule has 0 radical (unpaired) electrons. The Balaban J connectivity index is 1.75. The minimum Gasteiger partial charge on any atom is -0.489 e. The average molecular weight is 387 g/mol. The molecule has 6 nitrogen and oxygen atoms in total. The maximum Gasteiger partial charge on any atom is 0.337 e. The van der Waals surface area contributed by atoms with Crippen LogP contribution in [0.4, 0.5) is 4.79 Å². The number of carbonyl (C=O) groups excluding carboxylic acids is 2. The van der Waals surface area contributed by atoms with Crippen molar-refractivity contribution < 1.29 is 19.1 Å². The third-order valence-corrected chi connectivity index (χ3v) is 4.46. The second-order valence-electron chi connectivity index (χ2n) is 6.05. The summed E-state index contributed by atoms with van der Waals surface area (Å²) in [5, 5.41) is 6.02. The van der Waals surface area contributed by atoms with Crippen LogP contribution in [0.15, 0.2) is 59.8 Å². The topological polar surface area (TPSA) is 76.7 Å². The first-order chi connectivity index (χ1) is 13.0. The molecular weight excluding hydrogens is 368 g/mol. The zero-order valence-electron chi connectivity index (χ0n) is 14.9. The van der Waals surface area contributed by atoms with Crippen molar-refractivity contribution in [2.24, 2.45) is 0 Å². The molecule has 2 amide bonds. The van der Waals surface area contributed by atoms with Crippen molar-refractivity contribution in [2.45, 2.75) is 19.6 Å². The highest BCUT2D eigenvalue weighted by Gasteiger charge is 2.31. The van der Waals surface area contributed by atoms with E-state index in [-0.39, 0.29) is 6.03 Å². The van der Waals surface area contributed by atoms with Crippen LogP contribution in [0.1, 0.15) is 24.1 Å². The van der Waals surface area contributed by atoms with Gasteiger partial charge in [0.25, 0.3) is 0 Å². The summed E-state index contributed by atoms with van der Waals surface area (Å²) in [6, 6.07) is 13.7. The van der Waals surface area contributed by atoms with E-state index in [2.05, 4.69) is 10.6 Å². The summed E-state index contributed by atoms with van der Waals surface area (Å²) in [7, 11) is 1.31. The number of amides is 2. The van der Waals surface area contributed by atoms with Crippen LogP contribution >= 0.6 is 11.6 Å². The fraction of sp³-hybridized carbons (Fsp3) is 0.200. The van der Waals surface area contributed by atoms with Crippen molar-refractivity contribution in [2.75, 3.05) is 7.11 Å². The number of allylic oxidation sites excluding steroid dienone is 1. The van der Waals surface area contributed by atoms with E-state index in [9.17, 15) is 9.59 Å². The Bertz CT molecular complexity index is 876. The number of hydrogen-bond donors (Lipinski definition) is 2. The van der Waals surface area contributed by atoms with E-state index in [1.807, 2.05) is 36.4 Å². The van der Waals surface area contributed by atoms with Crippen molar-refractivity contribution in [1.29, 1.82) is 0 Å². The van der Waals surface area contributed by atoms with Gasteiger partial charge >= 0.3 is 12.0 Å². The second kappa shape index (κ2) is 8.14. The van der Waals surface area contributed by atoms with Gasteiger partial charge in [0.15, 0.2) is 0 Å². The van der Waals surface area contributed by atoms with Crippen LogP contribution in [0.3, 0.4) is 0 Å². The Kier molecular flexibility index (Phi) is 5.66. The number of methoxy groups -OCH3 is 1. The van der Waals surface area contributed by atoms with E-state index in [0.717, 1.165) is 11.1 Å². The van der Waals surface area contributed by atoms with Crippen molar-refractivity contribution in [3.63, 3.8) is 0 Å². The van der Waals surface area contributed by atoms with Gasteiger partial charge in [0.1, 0.15) is 12.4 Å². The quantitative estimate of drug-likeness (QED) is 0.768. The predicted octanol–water partition coefficient (Wildman–Crippen LogP) is 3.72. The first kappa shape index (κ1) is 18.8. The van der Waals surface area contributed by atoms with Crippen LogP contribution in [0.25, 0.3) is 0 Å². The van der Waals surface area contributed by atoms with E-state index in [0.29, 0.717) is 28.6 Å². The highest BCUT2D eigenvalue weighted by molar-refractivity contribution is 6.30. The third kappa shape index (κ3) is 4.41. The molecule has 2 aromatic rings. The Labute approximate surface area is 162 Å². The molecule has 140 valence electrons. The van der Waals surface area contributed by atoms with E-state index in [4.69, 9.17) is 21.1 Å².